The van der Waals surface area contributed by atoms with Crippen molar-refractivity contribution >= 4 is 21.6 Å². The second kappa shape index (κ2) is 8.48. The number of aliphatic hydroxyl groups is 1. The van der Waals surface area contributed by atoms with Crippen LogP contribution in [0.15, 0.2) is 53.4 Å². The van der Waals surface area contributed by atoms with E-state index >= 15 is 0 Å². The highest BCUT2D eigenvalue weighted by molar-refractivity contribution is 7.89. The molecule has 3 rings (SSSR count). The van der Waals surface area contributed by atoms with Gasteiger partial charge in [0.1, 0.15) is 11.4 Å². The van der Waals surface area contributed by atoms with Crippen LogP contribution in [0.4, 0.5) is 18.9 Å². The number of halogens is 3. The Morgan fingerprint density at radius 3 is 2.23 bits per heavy atom. The minimum absolute atomic E-state index is 0.0566. The molecule has 0 unspecified atom stereocenters. The Bertz CT molecular complexity index is 1050. The molecule has 2 aromatic rings. The third kappa shape index (κ3) is 5.35. The third-order valence-corrected chi connectivity index (χ3v) is 7.09. The van der Waals surface area contributed by atoms with Gasteiger partial charge in [0.15, 0.2) is 0 Å². The molecular weight excluding hydrogens is 437 g/mol. The van der Waals surface area contributed by atoms with Crippen LogP contribution in [0, 0.1) is 6.92 Å². The summed E-state index contributed by atoms with van der Waals surface area (Å²) in [4.78, 5) is 12.7. The van der Waals surface area contributed by atoms with Crippen molar-refractivity contribution in [1.82, 2.24) is 4.31 Å². The molecule has 168 valence electrons. The minimum atomic E-state index is -4.83. The van der Waals surface area contributed by atoms with Crippen LogP contribution in [0.5, 0.6) is 5.75 Å². The van der Waals surface area contributed by atoms with Crippen LogP contribution in [-0.2, 0) is 14.8 Å². The maximum atomic E-state index is 12.9. The molecular formula is C20H21F3N2O5S. The fourth-order valence-corrected chi connectivity index (χ4v) is 4.96. The normalized spacial score (nSPS) is 17.2. The molecule has 11 heteroatoms. The van der Waals surface area contributed by atoms with Crippen LogP contribution in [0.3, 0.4) is 0 Å². The van der Waals surface area contributed by atoms with Gasteiger partial charge in [-0.3, -0.25) is 4.79 Å². The first-order chi connectivity index (χ1) is 14.4. The van der Waals surface area contributed by atoms with Gasteiger partial charge >= 0.3 is 6.36 Å². The summed E-state index contributed by atoms with van der Waals surface area (Å²) in [7, 11) is -3.76. The molecule has 1 saturated heterocycles. The van der Waals surface area contributed by atoms with Gasteiger partial charge in [-0.25, -0.2) is 8.42 Å². The van der Waals surface area contributed by atoms with E-state index in [1.807, 2.05) is 0 Å². The number of sulfonamides is 1. The maximum absolute atomic E-state index is 12.9. The molecule has 0 bridgehead atoms. The zero-order valence-corrected chi connectivity index (χ0v) is 17.3. The molecule has 0 aliphatic carbocycles. The lowest BCUT2D eigenvalue weighted by atomic mass is 9.91. The van der Waals surface area contributed by atoms with Gasteiger partial charge in [0, 0.05) is 18.8 Å². The molecule has 1 aliphatic rings. The van der Waals surface area contributed by atoms with Crippen molar-refractivity contribution in [3.05, 3.63) is 54.1 Å². The van der Waals surface area contributed by atoms with Crippen LogP contribution >= 0.6 is 0 Å². The summed E-state index contributed by atoms with van der Waals surface area (Å²) < 4.78 is 67.4. The number of amides is 1. The van der Waals surface area contributed by atoms with Gasteiger partial charge in [0.2, 0.25) is 10.0 Å². The molecule has 0 saturated carbocycles. The second-order valence-corrected chi connectivity index (χ2v) is 9.13. The fraction of sp³-hybridized carbons (Fsp3) is 0.350. The number of alkyl halides is 3. The molecule has 0 radical (unpaired) electrons. The summed E-state index contributed by atoms with van der Waals surface area (Å²) in [5.74, 6) is -1.20. The Balaban J connectivity index is 1.63. The molecule has 7 nitrogen and oxygen atoms in total. The van der Waals surface area contributed by atoms with E-state index in [9.17, 15) is 31.5 Å². The molecule has 0 spiro atoms. The number of hydrogen-bond acceptors (Lipinski definition) is 5. The number of anilines is 1. The van der Waals surface area contributed by atoms with Gasteiger partial charge < -0.3 is 15.2 Å². The SMILES string of the molecule is Cc1ccccc1S(=O)(=O)N1CCC(O)(C(=O)Nc2ccc(OC(F)(F)F)cc2)CC1. The number of piperidine rings is 1. The number of nitrogens with one attached hydrogen (secondary N) is 1. The standard InChI is InChI=1S/C20H21F3N2O5S/c1-14-4-2-3-5-17(14)31(28,29)25-12-10-19(27,11-13-25)18(26)24-15-6-8-16(9-7-15)30-20(21,22)23/h2-9,27H,10-13H2,1H3,(H,24,26). The van der Waals surface area contributed by atoms with E-state index in [0.717, 1.165) is 12.1 Å². The zero-order chi connectivity index (χ0) is 22.9. The summed E-state index contributed by atoms with van der Waals surface area (Å²) in [5, 5.41) is 13.2. The maximum Gasteiger partial charge on any atom is 0.573 e. The number of carbonyl (C=O) groups is 1. The van der Waals surface area contributed by atoms with Gasteiger partial charge in [-0.2, -0.15) is 4.31 Å². The number of rotatable bonds is 5. The highest BCUT2D eigenvalue weighted by atomic mass is 32.2. The van der Waals surface area contributed by atoms with Crippen LogP contribution in [-0.4, -0.2) is 48.8 Å². The highest BCUT2D eigenvalue weighted by Gasteiger charge is 2.42. The Labute approximate surface area is 177 Å². The number of aryl methyl sites for hydroxylation is 1. The van der Waals surface area contributed by atoms with Gasteiger partial charge in [0.05, 0.1) is 4.90 Å². The average Bonchev–Trinajstić information content (AvgIpc) is 2.69. The van der Waals surface area contributed by atoms with E-state index in [1.165, 1.54) is 22.5 Å². The van der Waals surface area contributed by atoms with Crippen LogP contribution in [0.2, 0.25) is 0 Å². The zero-order valence-electron chi connectivity index (χ0n) is 16.5. The number of benzene rings is 2. The van der Waals surface area contributed by atoms with Crippen molar-refractivity contribution in [3.63, 3.8) is 0 Å². The Kier molecular flexibility index (Phi) is 6.30. The summed E-state index contributed by atoms with van der Waals surface area (Å²) in [6, 6.07) is 11.0. The molecule has 2 aromatic carbocycles. The fourth-order valence-electron chi connectivity index (χ4n) is 3.30. The van der Waals surface area contributed by atoms with Crippen molar-refractivity contribution in [1.29, 1.82) is 0 Å². The number of nitrogens with zero attached hydrogens (tertiary/aromatic N) is 1. The first kappa shape index (κ1) is 23.0. The van der Waals surface area contributed by atoms with Crippen LogP contribution < -0.4 is 10.1 Å². The van der Waals surface area contributed by atoms with Gasteiger partial charge in [-0.1, -0.05) is 18.2 Å². The number of ether oxygens (including phenoxy) is 1. The van der Waals surface area contributed by atoms with Gasteiger partial charge in [-0.05, 0) is 55.7 Å². The smallest absolute Gasteiger partial charge is 0.406 e. The molecule has 1 aliphatic heterocycles. The van der Waals surface area contributed by atoms with E-state index in [1.54, 1.807) is 25.1 Å². The predicted molar refractivity (Wildman–Crippen MR) is 106 cm³/mol. The molecule has 31 heavy (non-hydrogen) atoms. The van der Waals surface area contributed by atoms with E-state index in [-0.39, 0.29) is 36.5 Å². The molecule has 0 aromatic heterocycles. The summed E-state index contributed by atoms with van der Waals surface area (Å²) in [5.41, 5.74) is -1.04. The first-order valence-electron chi connectivity index (χ1n) is 9.36. The minimum Gasteiger partial charge on any atom is -0.406 e. The van der Waals surface area contributed by atoms with Crippen LogP contribution in [0.25, 0.3) is 0 Å². The largest absolute Gasteiger partial charge is 0.573 e. The third-order valence-electron chi connectivity index (χ3n) is 5.03. The topological polar surface area (TPSA) is 95.9 Å². The monoisotopic (exact) mass is 458 g/mol. The molecule has 1 fully saturated rings. The van der Waals surface area contributed by atoms with E-state index < -0.39 is 33.6 Å². The second-order valence-electron chi connectivity index (χ2n) is 7.23. The van der Waals surface area contributed by atoms with E-state index in [2.05, 4.69) is 10.1 Å². The molecule has 1 amide bonds. The quantitative estimate of drug-likeness (QED) is 0.718. The Hall–Kier alpha value is -2.63. The van der Waals surface area contributed by atoms with E-state index in [0.29, 0.717) is 5.56 Å². The highest BCUT2D eigenvalue weighted by Crippen LogP contribution is 2.30. The van der Waals surface area contributed by atoms with Gasteiger partial charge in [-0.15, -0.1) is 13.2 Å². The van der Waals surface area contributed by atoms with Crippen molar-refractivity contribution in [2.45, 2.75) is 36.6 Å². The Morgan fingerprint density at radius 2 is 1.68 bits per heavy atom. The summed E-state index contributed by atoms with van der Waals surface area (Å²) in [6.45, 7) is 1.57. The predicted octanol–water partition coefficient (Wildman–Crippen LogP) is 3.05. The van der Waals surface area contributed by atoms with E-state index in [4.69, 9.17) is 0 Å². The van der Waals surface area contributed by atoms with Crippen LogP contribution in [0.1, 0.15) is 18.4 Å². The van der Waals surface area contributed by atoms with Gasteiger partial charge in [0.25, 0.3) is 5.91 Å². The molecule has 2 N–H and O–H groups in total. The summed E-state index contributed by atoms with van der Waals surface area (Å²) >= 11 is 0. The lowest BCUT2D eigenvalue weighted by molar-refractivity contribution is -0.274. The van der Waals surface area contributed by atoms with Crippen molar-refractivity contribution < 1.29 is 36.2 Å². The molecule has 0 atom stereocenters. The number of hydrogen-bond donors (Lipinski definition) is 2. The summed E-state index contributed by atoms with van der Waals surface area (Å²) in [6.07, 6.45) is -5.08. The lowest BCUT2D eigenvalue weighted by Gasteiger charge is -2.36. The van der Waals surface area contributed by atoms with Crippen molar-refractivity contribution in [3.8, 4) is 5.75 Å². The van der Waals surface area contributed by atoms with Crippen molar-refractivity contribution in [2.24, 2.45) is 0 Å². The van der Waals surface area contributed by atoms with Crippen molar-refractivity contribution in [2.75, 3.05) is 18.4 Å². The molecule has 1 heterocycles. The average molecular weight is 458 g/mol. The Morgan fingerprint density at radius 1 is 1.10 bits per heavy atom. The first-order valence-corrected chi connectivity index (χ1v) is 10.8. The number of carbonyl (C=O) groups excluding carboxylic acids is 1. The lowest BCUT2D eigenvalue weighted by Crippen LogP contribution is -2.52.